The Labute approximate surface area is 191 Å². The molecule has 4 N–H and O–H groups in total. The first kappa shape index (κ1) is 23.1. The molecule has 0 bridgehead atoms. The average Bonchev–Trinajstić information content (AvgIpc) is 2.79. The quantitative estimate of drug-likeness (QED) is 0.363. The Hall–Kier alpha value is -3.53. The Bertz CT molecular complexity index is 1070. The Morgan fingerprint density at radius 3 is 2.19 bits per heavy atom. The van der Waals surface area contributed by atoms with Crippen molar-refractivity contribution in [3.8, 4) is 0 Å². The maximum absolute atomic E-state index is 12.6. The highest BCUT2D eigenvalue weighted by molar-refractivity contribution is 5.82. The van der Waals surface area contributed by atoms with Crippen LogP contribution in [0, 0.1) is 6.92 Å². The van der Waals surface area contributed by atoms with Gasteiger partial charge in [-0.15, -0.1) is 0 Å². The van der Waals surface area contributed by atoms with Crippen LogP contribution in [0.2, 0.25) is 0 Å². The van der Waals surface area contributed by atoms with E-state index < -0.39 is 0 Å². The standard InChI is InChI=1S/C28H33N3O/c1-5-26(31-27-9-7-6-8-25(27)29)24-16-14-23(15-17-24)21(4)30-28(32)18-20(3)22-12-10-19(2)11-13-22/h5-17,20-21,31H,18,29H2,1-4H3,(H,30,32)/b26-5+. The fourth-order valence-corrected chi connectivity index (χ4v) is 3.69. The van der Waals surface area contributed by atoms with Crippen LogP contribution < -0.4 is 16.4 Å². The molecule has 0 aliphatic carbocycles. The molecule has 32 heavy (non-hydrogen) atoms. The average molecular weight is 428 g/mol. The molecule has 0 heterocycles. The topological polar surface area (TPSA) is 67.2 Å². The van der Waals surface area contributed by atoms with E-state index in [1.165, 1.54) is 11.1 Å². The number of carbonyl (C=O) groups excluding carboxylic acids is 1. The summed E-state index contributed by atoms with van der Waals surface area (Å²) >= 11 is 0. The Balaban J connectivity index is 1.60. The number of nitrogens with one attached hydrogen (secondary N) is 2. The van der Waals surface area contributed by atoms with Crippen LogP contribution in [0.25, 0.3) is 5.70 Å². The molecule has 2 atom stereocenters. The largest absolute Gasteiger partial charge is 0.397 e. The van der Waals surface area contributed by atoms with Crippen LogP contribution in [0.1, 0.15) is 61.4 Å². The van der Waals surface area contributed by atoms with Crippen LogP contribution in [0.3, 0.4) is 0 Å². The van der Waals surface area contributed by atoms with Crippen LogP contribution in [-0.4, -0.2) is 5.91 Å². The van der Waals surface area contributed by atoms with Gasteiger partial charge in [0.05, 0.1) is 17.4 Å². The van der Waals surface area contributed by atoms with Crippen LogP contribution >= 0.6 is 0 Å². The van der Waals surface area contributed by atoms with Crippen LogP contribution in [-0.2, 0) is 4.79 Å². The highest BCUT2D eigenvalue weighted by atomic mass is 16.1. The number of allylic oxidation sites excluding steroid dienone is 1. The van der Waals surface area contributed by atoms with Crippen molar-refractivity contribution in [2.45, 2.75) is 46.1 Å². The lowest BCUT2D eigenvalue weighted by atomic mass is 9.96. The molecule has 0 aliphatic rings. The van der Waals surface area contributed by atoms with Gasteiger partial charge in [-0.25, -0.2) is 0 Å². The number of nitrogens with two attached hydrogens (primary N) is 1. The van der Waals surface area contributed by atoms with Crippen molar-refractivity contribution in [3.05, 3.63) is 101 Å². The number of hydrogen-bond donors (Lipinski definition) is 3. The summed E-state index contributed by atoms with van der Waals surface area (Å²) in [6.07, 6.45) is 2.50. The molecule has 0 saturated carbocycles. The van der Waals surface area contributed by atoms with Gasteiger partial charge in [-0.1, -0.05) is 79.2 Å². The molecule has 0 radical (unpaired) electrons. The maximum Gasteiger partial charge on any atom is 0.221 e. The predicted octanol–water partition coefficient (Wildman–Crippen LogP) is 6.42. The number of anilines is 2. The lowest BCUT2D eigenvalue weighted by Gasteiger charge is -2.18. The van der Waals surface area contributed by atoms with Gasteiger partial charge in [-0.05, 0) is 55.5 Å². The minimum Gasteiger partial charge on any atom is -0.397 e. The summed E-state index contributed by atoms with van der Waals surface area (Å²) in [6, 6.07) is 24.3. The van der Waals surface area contributed by atoms with Crippen molar-refractivity contribution in [1.29, 1.82) is 0 Å². The molecule has 0 fully saturated rings. The molecular formula is C28H33N3O. The highest BCUT2D eigenvalue weighted by Crippen LogP contribution is 2.25. The summed E-state index contributed by atoms with van der Waals surface area (Å²) in [7, 11) is 0. The first-order chi connectivity index (χ1) is 15.4. The lowest BCUT2D eigenvalue weighted by Crippen LogP contribution is -2.27. The zero-order valence-electron chi connectivity index (χ0n) is 19.4. The zero-order chi connectivity index (χ0) is 23.1. The second-order valence-electron chi connectivity index (χ2n) is 8.34. The van der Waals surface area contributed by atoms with E-state index >= 15 is 0 Å². The normalized spacial score (nSPS) is 13.3. The summed E-state index contributed by atoms with van der Waals surface area (Å²) < 4.78 is 0. The molecule has 0 aromatic heterocycles. The summed E-state index contributed by atoms with van der Waals surface area (Å²) in [5.74, 6) is 0.240. The number of aryl methyl sites for hydroxylation is 1. The van der Waals surface area contributed by atoms with Gasteiger partial charge < -0.3 is 16.4 Å². The van der Waals surface area contributed by atoms with Crippen LogP contribution in [0.15, 0.2) is 78.9 Å². The van der Waals surface area contributed by atoms with Gasteiger partial charge >= 0.3 is 0 Å². The third-order valence-corrected chi connectivity index (χ3v) is 5.76. The van der Waals surface area contributed by atoms with Gasteiger partial charge in [0.15, 0.2) is 0 Å². The molecule has 3 aromatic carbocycles. The summed E-state index contributed by atoms with van der Waals surface area (Å²) in [5, 5.41) is 6.53. The summed E-state index contributed by atoms with van der Waals surface area (Å²) in [5.41, 5.74) is 13.2. The van der Waals surface area contributed by atoms with Gasteiger partial charge in [0, 0.05) is 12.1 Å². The summed E-state index contributed by atoms with van der Waals surface area (Å²) in [6.45, 7) is 8.17. The van der Waals surface area contributed by atoms with Gasteiger partial charge in [0.25, 0.3) is 0 Å². The van der Waals surface area contributed by atoms with E-state index in [4.69, 9.17) is 5.73 Å². The molecule has 0 aliphatic heterocycles. The zero-order valence-corrected chi connectivity index (χ0v) is 19.4. The monoisotopic (exact) mass is 427 g/mol. The number of para-hydroxylation sites is 2. The third-order valence-electron chi connectivity index (χ3n) is 5.76. The third kappa shape index (κ3) is 6.01. The number of hydrogen-bond acceptors (Lipinski definition) is 3. The van der Waals surface area contributed by atoms with E-state index in [1.807, 2.05) is 44.2 Å². The van der Waals surface area contributed by atoms with Crippen molar-refractivity contribution < 1.29 is 4.79 Å². The van der Waals surface area contributed by atoms with Crippen molar-refractivity contribution in [1.82, 2.24) is 5.32 Å². The molecule has 3 aromatic rings. The lowest BCUT2D eigenvalue weighted by molar-refractivity contribution is -0.122. The smallest absolute Gasteiger partial charge is 0.221 e. The number of benzene rings is 3. The van der Waals surface area contributed by atoms with Crippen LogP contribution in [0.5, 0.6) is 0 Å². The SMILES string of the molecule is C/C=C(/Nc1ccccc1N)c1ccc(C(C)NC(=O)CC(C)c2ccc(C)cc2)cc1. The molecule has 2 unspecified atom stereocenters. The molecular weight excluding hydrogens is 394 g/mol. The predicted molar refractivity (Wildman–Crippen MR) is 135 cm³/mol. The van der Waals surface area contributed by atoms with Gasteiger partial charge in [0.2, 0.25) is 5.91 Å². The van der Waals surface area contributed by atoms with E-state index in [1.54, 1.807) is 0 Å². The Morgan fingerprint density at radius 1 is 0.938 bits per heavy atom. The van der Waals surface area contributed by atoms with Crippen molar-refractivity contribution >= 4 is 23.0 Å². The summed E-state index contributed by atoms with van der Waals surface area (Å²) in [4.78, 5) is 12.6. The molecule has 4 nitrogen and oxygen atoms in total. The first-order valence-corrected chi connectivity index (χ1v) is 11.1. The van der Waals surface area contributed by atoms with E-state index in [-0.39, 0.29) is 17.9 Å². The second kappa shape index (κ2) is 10.7. The van der Waals surface area contributed by atoms with E-state index in [9.17, 15) is 4.79 Å². The van der Waals surface area contributed by atoms with Crippen molar-refractivity contribution in [2.75, 3.05) is 11.1 Å². The molecule has 3 rings (SSSR count). The van der Waals surface area contributed by atoms with Gasteiger partial charge in [0.1, 0.15) is 0 Å². The van der Waals surface area contributed by atoms with Gasteiger partial charge in [-0.2, -0.15) is 0 Å². The van der Waals surface area contributed by atoms with E-state index in [0.717, 1.165) is 22.5 Å². The maximum atomic E-state index is 12.6. The number of carbonyl (C=O) groups is 1. The van der Waals surface area contributed by atoms with Gasteiger partial charge in [-0.3, -0.25) is 4.79 Å². The van der Waals surface area contributed by atoms with Crippen molar-refractivity contribution in [3.63, 3.8) is 0 Å². The number of nitrogen functional groups attached to an aromatic ring is 1. The molecule has 1 amide bonds. The minimum atomic E-state index is -0.0615. The fourth-order valence-electron chi connectivity index (χ4n) is 3.69. The number of rotatable bonds is 8. The Morgan fingerprint density at radius 2 is 1.56 bits per heavy atom. The molecule has 166 valence electrons. The van der Waals surface area contributed by atoms with E-state index in [2.05, 4.69) is 73.0 Å². The molecule has 4 heteroatoms. The first-order valence-electron chi connectivity index (χ1n) is 11.1. The number of amides is 1. The Kier molecular flexibility index (Phi) is 7.72. The highest BCUT2D eigenvalue weighted by Gasteiger charge is 2.15. The van der Waals surface area contributed by atoms with Crippen molar-refractivity contribution in [2.24, 2.45) is 0 Å². The second-order valence-corrected chi connectivity index (χ2v) is 8.34. The van der Waals surface area contributed by atoms with E-state index in [0.29, 0.717) is 12.1 Å². The molecule has 0 saturated heterocycles. The molecule has 0 spiro atoms. The minimum absolute atomic E-state index is 0.0602. The van der Waals surface area contributed by atoms with Crippen LogP contribution in [0.4, 0.5) is 11.4 Å². The fraction of sp³-hybridized carbons (Fsp3) is 0.250.